The van der Waals surface area contributed by atoms with Gasteiger partial charge in [0.1, 0.15) is 28.7 Å². The maximum absolute atomic E-state index is 14.8. The molecule has 0 unspecified atom stereocenters. The molecule has 0 bridgehead atoms. The summed E-state index contributed by atoms with van der Waals surface area (Å²) in [6.07, 6.45) is 4.70. The molecule has 0 saturated carbocycles. The van der Waals surface area contributed by atoms with Crippen molar-refractivity contribution in [2.45, 2.75) is 45.3 Å². The molecule has 1 fully saturated rings. The first-order chi connectivity index (χ1) is 16.4. The van der Waals surface area contributed by atoms with Crippen LogP contribution in [0.3, 0.4) is 0 Å². The Labute approximate surface area is 194 Å². The van der Waals surface area contributed by atoms with Crippen molar-refractivity contribution in [3.8, 4) is 11.3 Å². The van der Waals surface area contributed by atoms with Gasteiger partial charge in [-0.3, -0.25) is 4.68 Å². The summed E-state index contributed by atoms with van der Waals surface area (Å²) >= 11 is 0. The van der Waals surface area contributed by atoms with E-state index < -0.39 is 11.6 Å². The Hall–Kier alpha value is -3.37. The lowest BCUT2D eigenvalue weighted by Crippen LogP contribution is -2.20. The molecule has 10 heteroatoms. The quantitative estimate of drug-likeness (QED) is 0.478. The number of nitrogens with zero attached hydrogens (tertiary/aromatic N) is 6. The average molecular weight is 466 g/mol. The van der Waals surface area contributed by atoms with E-state index in [-0.39, 0.29) is 24.2 Å². The highest BCUT2D eigenvalue weighted by atomic mass is 19.1. The molecular formula is C24H24F2N6O2. The monoisotopic (exact) mass is 466 g/mol. The molecule has 34 heavy (non-hydrogen) atoms. The fraction of sp³-hybridized carbons (Fsp3) is 0.375. The van der Waals surface area contributed by atoms with E-state index in [2.05, 4.69) is 15.1 Å². The third-order valence-corrected chi connectivity index (χ3v) is 6.15. The normalized spacial score (nSPS) is 18.5. The molecule has 4 aromatic rings. The van der Waals surface area contributed by atoms with Crippen molar-refractivity contribution >= 4 is 11.2 Å². The zero-order valence-electron chi connectivity index (χ0n) is 18.9. The van der Waals surface area contributed by atoms with Gasteiger partial charge in [0.2, 0.25) is 0 Å². The van der Waals surface area contributed by atoms with E-state index in [0.717, 1.165) is 17.3 Å². The van der Waals surface area contributed by atoms with Gasteiger partial charge < -0.3 is 9.84 Å². The number of aliphatic hydroxyl groups is 1. The number of hydrogen-bond donors (Lipinski definition) is 1. The summed E-state index contributed by atoms with van der Waals surface area (Å²) in [5.74, 6) is -0.908. The Kier molecular flexibility index (Phi) is 6.01. The van der Waals surface area contributed by atoms with Crippen LogP contribution >= 0.6 is 0 Å². The Morgan fingerprint density at radius 3 is 2.74 bits per heavy atom. The zero-order chi connectivity index (χ0) is 23.8. The summed E-state index contributed by atoms with van der Waals surface area (Å²) in [5.41, 5.74) is 3.54. The second-order valence-electron chi connectivity index (χ2n) is 8.46. The van der Waals surface area contributed by atoms with E-state index in [1.54, 1.807) is 10.9 Å². The van der Waals surface area contributed by atoms with Crippen LogP contribution in [-0.2, 0) is 11.3 Å². The molecule has 0 radical (unpaired) electrons. The molecule has 1 aromatic carbocycles. The fourth-order valence-corrected chi connectivity index (χ4v) is 4.22. The predicted molar refractivity (Wildman–Crippen MR) is 120 cm³/mol. The summed E-state index contributed by atoms with van der Waals surface area (Å²) in [6.45, 7) is 4.58. The standard InChI is InChI=1S/C24H24F2N6O2/c1-13-14(2)29-24-22(28-13)21(18-4-3-17(25)10-19(18)26)30-23(31-24)15-5-8-34-20(9-15)16-11-27-32(12-16)6-7-33/h3-4,10-12,15,20,33H,5-9H2,1-2H3/t15-,20-/m1/s1. The van der Waals surface area contributed by atoms with Gasteiger partial charge in [-0.2, -0.15) is 5.10 Å². The number of halogens is 2. The minimum Gasteiger partial charge on any atom is -0.394 e. The van der Waals surface area contributed by atoms with E-state index in [1.165, 1.54) is 12.1 Å². The summed E-state index contributed by atoms with van der Waals surface area (Å²) in [7, 11) is 0. The summed E-state index contributed by atoms with van der Waals surface area (Å²) < 4.78 is 36.0. The van der Waals surface area contributed by atoms with Gasteiger partial charge >= 0.3 is 0 Å². The minimum atomic E-state index is -0.716. The second-order valence-corrected chi connectivity index (χ2v) is 8.46. The lowest BCUT2D eigenvalue weighted by atomic mass is 9.92. The van der Waals surface area contributed by atoms with Crippen LogP contribution < -0.4 is 0 Å². The van der Waals surface area contributed by atoms with Crippen molar-refractivity contribution in [2.75, 3.05) is 13.2 Å². The third-order valence-electron chi connectivity index (χ3n) is 6.15. The number of fused-ring (bicyclic) bond motifs is 1. The number of rotatable bonds is 5. The number of benzene rings is 1. The van der Waals surface area contributed by atoms with Crippen molar-refractivity contribution in [3.63, 3.8) is 0 Å². The molecule has 1 N–H and O–H groups in total. The highest BCUT2D eigenvalue weighted by Gasteiger charge is 2.29. The molecule has 2 atom stereocenters. The van der Waals surface area contributed by atoms with Crippen LogP contribution in [0.5, 0.6) is 0 Å². The first-order valence-electron chi connectivity index (χ1n) is 11.2. The Morgan fingerprint density at radius 2 is 1.94 bits per heavy atom. The van der Waals surface area contributed by atoms with Gasteiger partial charge in [0.05, 0.1) is 36.8 Å². The number of aryl methyl sites for hydroxylation is 2. The first kappa shape index (κ1) is 22.4. The van der Waals surface area contributed by atoms with Gasteiger partial charge in [-0.1, -0.05) is 0 Å². The van der Waals surface area contributed by atoms with Crippen LogP contribution in [0.15, 0.2) is 30.6 Å². The van der Waals surface area contributed by atoms with E-state index >= 15 is 0 Å². The van der Waals surface area contributed by atoms with E-state index in [1.807, 2.05) is 20.0 Å². The van der Waals surface area contributed by atoms with Crippen LogP contribution in [0, 0.1) is 25.5 Å². The maximum atomic E-state index is 14.8. The highest BCUT2D eigenvalue weighted by molar-refractivity contribution is 5.87. The van der Waals surface area contributed by atoms with Crippen LogP contribution in [0.25, 0.3) is 22.4 Å². The van der Waals surface area contributed by atoms with Gasteiger partial charge in [-0.05, 0) is 38.8 Å². The van der Waals surface area contributed by atoms with Crippen LogP contribution in [-0.4, -0.2) is 48.0 Å². The van der Waals surface area contributed by atoms with Gasteiger partial charge in [0.15, 0.2) is 5.65 Å². The van der Waals surface area contributed by atoms with Gasteiger partial charge in [0.25, 0.3) is 0 Å². The third kappa shape index (κ3) is 4.26. The molecule has 4 heterocycles. The zero-order valence-corrected chi connectivity index (χ0v) is 18.9. The smallest absolute Gasteiger partial charge is 0.182 e. The minimum absolute atomic E-state index is 0.00282. The molecule has 5 rings (SSSR count). The lowest BCUT2D eigenvalue weighted by Gasteiger charge is -2.28. The Bertz CT molecular complexity index is 1360. The average Bonchev–Trinajstić information content (AvgIpc) is 3.29. The summed E-state index contributed by atoms with van der Waals surface area (Å²) in [4.78, 5) is 18.6. The second kappa shape index (κ2) is 9.11. The van der Waals surface area contributed by atoms with Crippen LogP contribution in [0.4, 0.5) is 8.78 Å². The largest absolute Gasteiger partial charge is 0.394 e. The highest BCUT2D eigenvalue weighted by Crippen LogP contribution is 2.38. The molecule has 1 saturated heterocycles. The lowest BCUT2D eigenvalue weighted by molar-refractivity contribution is 0.00395. The van der Waals surface area contributed by atoms with Crippen LogP contribution in [0.1, 0.15) is 47.6 Å². The molecule has 1 aliphatic heterocycles. The fourth-order valence-electron chi connectivity index (χ4n) is 4.22. The van der Waals surface area contributed by atoms with Crippen molar-refractivity contribution in [1.29, 1.82) is 0 Å². The molecule has 0 aliphatic carbocycles. The molecular weight excluding hydrogens is 442 g/mol. The first-order valence-corrected chi connectivity index (χ1v) is 11.2. The van der Waals surface area contributed by atoms with Gasteiger partial charge in [-0.25, -0.2) is 28.7 Å². The Morgan fingerprint density at radius 1 is 1.12 bits per heavy atom. The topological polar surface area (TPSA) is 98.8 Å². The maximum Gasteiger partial charge on any atom is 0.182 e. The van der Waals surface area contributed by atoms with E-state index in [4.69, 9.17) is 19.8 Å². The molecule has 3 aromatic heterocycles. The number of aliphatic hydroxyl groups excluding tert-OH is 1. The van der Waals surface area contributed by atoms with E-state index in [9.17, 15) is 8.78 Å². The van der Waals surface area contributed by atoms with Crippen molar-refractivity contribution in [3.05, 3.63) is 65.0 Å². The van der Waals surface area contributed by atoms with Crippen LogP contribution in [0.2, 0.25) is 0 Å². The van der Waals surface area contributed by atoms with Crippen molar-refractivity contribution in [2.24, 2.45) is 0 Å². The van der Waals surface area contributed by atoms with Gasteiger partial charge in [0, 0.05) is 35.9 Å². The van der Waals surface area contributed by atoms with E-state index in [0.29, 0.717) is 54.4 Å². The molecule has 0 amide bonds. The Balaban J connectivity index is 1.57. The SMILES string of the molecule is Cc1nc2nc([C@@H]3CCO[C@@H](c4cnn(CCO)c4)C3)nc(-c3ccc(F)cc3F)c2nc1C. The molecule has 0 spiro atoms. The molecule has 8 nitrogen and oxygen atoms in total. The molecule has 176 valence electrons. The van der Waals surface area contributed by atoms with Crippen molar-refractivity contribution in [1.82, 2.24) is 29.7 Å². The summed E-state index contributed by atoms with van der Waals surface area (Å²) in [6, 6.07) is 3.41. The summed E-state index contributed by atoms with van der Waals surface area (Å²) in [5, 5.41) is 13.4. The number of aromatic nitrogens is 6. The number of ether oxygens (including phenoxy) is 1. The number of hydrogen-bond acceptors (Lipinski definition) is 7. The van der Waals surface area contributed by atoms with Gasteiger partial charge in [-0.15, -0.1) is 0 Å². The van der Waals surface area contributed by atoms with Crippen molar-refractivity contribution < 1.29 is 18.6 Å². The molecule has 1 aliphatic rings. The predicted octanol–water partition coefficient (Wildman–Crippen LogP) is 3.81.